The van der Waals surface area contributed by atoms with Crippen molar-refractivity contribution >= 4 is 196 Å². The van der Waals surface area contributed by atoms with Gasteiger partial charge in [0.1, 0.15) is 11.2 Å². The molecule has 0 bridgehead atoms. The van der Waals surface area contributed by atoms with Gasteiger partial charge in [-0.25, -0.2) is 0 Å². The molecular formula is C138H88N4OS. The van der Waals surface area contributed by atoms with Crippen molar-refractivity contribution < 1.29 is 4.42 Å². The number of benzene rings is 25. The zero-order valence-electron chi connectivity index (χ0n) is 78.4. The predicted molar refractivity (Wildman–Crippen MR) is 614 cm³/mol. The van der Waals surface area contributed by atoms with Gasteiger partial charge in [0.15, 0.2) is 0 Å². The lowest BCUT2D eigenvalue weighted by molar-refractivity contribution is 0.669. The van der Waals surface area contributed by atoms with Gasteiger partial charge in [0.25, 0.3) is 0 Å². The van der Waals surface area contributed by atoms with E-state index in [4.69, 9.17) is 4.42 Å². The van der Waals surface area contributed by atoms with E-state index in [2.05, 4.69) is 541 Å². The minimum absolute atomic E-state index is 0.873. The van der Waals surface area contributed by atoms with Crippen molar-refractivity contribution in [2.24, 2.45) is 0 Å². The van der Waals surface area contributed by atoms with Crippen molar-refractivity contribution in [2.45, 2.75) is 0 Å². The highest BCUT2D eigenvalue weighted by Crippen LogP contribution is 2.50. The second-order valence-electron chi connectivity index (χ2n) is 37.6. The van der Waals surface area contributed by atoms with Crippen LogP contribution in [-0.2, 0) is 0 Å². The van der Waals surface area contributed by atoms with Crippen LogP contribution in [0.3, 0.4) is 0 Å². The van der Waals surface area contributed by atoms with Crippen LogP contribution in [0.1, 0.15) is 0 Å². The quantitative estimate of drug-likeness (QED) is 0.0958. The molecule has 0 N–H and O–H groups in total. The van der Waals surface area contributed by atoms with Crippen LogP contribution in [0.5, 0.6) is 0 Å². The maximum absolute atomic E-state index is 6.35. The Hall–Kier alpha value is -18.7. The van der Waals surface area contributed by atoms with E-state index in [1.165, 1.54) is 201 Å². The van der Waals surface area contributed by atoms with E-state index in [0.717, 1.165) is 73.0 Å². The molecule has 29 rings (SSSR count). The van der Waals surface area contributed by atoms with E-state index in [0.29, 0.717) is 0 Å². The Bertz CT molecular complexity index is 10000. The summed E-state index contributed by atoms with van der Waals surface area (Å²) in [6.07, 6.45) is 0. The van der Waals surface area contributed by atoms with Crippen molar-refractivity contribution in [1.29, 1.82) is 0 Å². The minimum atomic E-state index is 0.873. The molecular weight excluding hydrogens is 1760 g/mol. The van der Waals surface area contributed by atoms with Crippen molar-refractivity contribution in [3.8, 4) is 89.3 Å². The molecule has 4 aromatic heterocycles. The van der Waals surface area contributed by atoms with Crippen molar-refractivity contribution in [2.75, 3.05) is 9.80 Å². The summed E-state index contributed by atoms with van der Waals surface area (Å²) in [5.41, 5.74) is 32.0. The molecule has 0 unspecified atom stereocenters. The lowest BCUT2D eigenvalue weighted by Crippen LogP contribution is -2.10. The van der Waals surface area contributed by atoms with Crippen LogP contribution in [0.4, 0.5) is 34.1 Å². The maximum Gasteiger partial charge on any atom is 0.137 e. The van der Waals surface area contributed by atoms with Crippen LogP contribution in [-0.4, -0.2) is 9.13 Å². The van der Waals surface area contributed by atoms with Gasteiger partial charge < -0.3 is 23.4 Å². The SMILES string of the molecule is c1ccc(-c2ccc(N(c3ccc(-c4ccc5c(c4)c4ccccc4n5-c4ccc(-c5ccc6c7ccccc7c7ccccc7c6c5)cc4)cc3)c3ccc(-c4cccc5c4sc4ccccc45)cc3)cc2)cc1.c1ccc(-c2ccc3c(c2)c2cc(-c4ccc(N(c5ccccc5)c5cccc6oc7ccccc7c56)cc4)ccc2n3-c2ccc(-c3ccc4c5ccccc5c5ccccc5c4c3)cc2)cc1. The van der Waals surface area contributed by atoms with Gasteiger partial charge in [-0.2, -0.15) is 0 Å². The van der Waals surface area contributed by atoms with Crippen LogP contribution in [0.2, 0.25) is 0 Å². The Morgan fingerprint density at radius 2 is 0.458 bits per heavy atom. The number of nitrogens with zero attached hydrogens (tertiary/aromatic N) is 4. The van der Waals surface area contributed by atoms with Crippen LogP contribution < -0.4 is 9.80 Å². The van der Waals surface area contributed by atoms with Gasteiger partial charge in [0.05, 0.1) is 33.1 Å². The van der Waals surface area contributed by atoms with Gasteiger partial charge >= 0.3 is 0 Å². The fourth-order valence-corrected chi connectivity index (χ4v) is 23.9. The first kappa shape index (κ1) is 83.4. The third kappa shape index (κ3) is 14.3. The summed E-state index contributed by atoms with van der Waals surface area (Å²) < 4.78 is 13.8. The molecule has 0 atom stereocenters. The number of aromatic nitrogens is 2. The fourth-order valence-electron chi connectivity index (χ4n) is 22.7. The highest BCUT2D eigenvalue weighted by Gasteiger charge is 2.25. The Morgan fingerprint density at radius 3 is 0.924 bits per heavy atom. The lowest BCUT2D eigenvalue weighted by Gasteiger charge is -2.26. The molecule has 672 valence electrons. The number of fused-ring (bicyclic) bond motifs is 24. The molecule has 144 heavy (non-hydrogen) atoms. The Kier molecular flexibility index (Phi) is 20.1. The fraction of sp³-hybridized carbons (Fsp3) is 0. The van der Waals surface area contributed by atoms with E-state index in [-0.39, 0.29) is 0 Å². The summed E-state index contributed by atoms with van der Waals surface area (Å²) in [6.45, 7) is 0. The molecule has 0 saturated heterocycles. The first-order valence-corrected chi connectivity index (χ1v) is 50.2. The largest absolute Gasteiger partial charge is 0.456 e. The smallest absolute Gasteiger partial charge is 0.137 e. The summed E-state index contributed by atoms with van der Waals surface area (Å²) in [5.74, 6) is 0. The van der Waals surface area contributed by atoms with Gasteiger partial charge in [-0.15, -0.1) is 11.3 Å². The van der Waals surface area contributed by atoms with Gasteiger partial charge in [0, 0.05) is 86.9 Å². The average molecular weight is 1850 g/mol. The van der Waals surface area contributed by atoms with E-state index in [9.17, 15) is 0 Å². The molecule has 29 aromatic rings. The second kappa shape index (κ2) is 34.7. The number of hydrogen-bond acceptors (Lipinski definition) is 4. The monoisotopic (exact) mass is 1850 g/mol. The van der Waals surface area contributed by atoms with Gasteiger partial charge in [-0.05, 0) is 306 Å². The zero-order chi connectivity index (χ0) is 94.8. The number of hydrogen-bond donors (Lipinski definition) is 0. The van der Waals surface area contributed by atoms with Gasteiger partial charge in [-0.3, -0.25) is 0 Å². The molecule has 0 fully saturated rings. The highest BCUT2D eigenvalue weighted by molar-refractivity contribution is 7.26. The molecule has 0 amide bonds. The second-order valence-corrected chi connectivity index (χ2v) is 38.7. The van der Waals surface area contributed by atoms with Crippen LogP contribution >= 0.6 is 11.3 Å². The minimum Gasteiger partial charge on any atom is -0.456 e. The van der Waals surface area contributed by atoms with E-state index < -0.39 is 0 Å². The summed E-state index contributed by atoms with van der Waals surface area (Å²) in [6, 6.07) is 195. The Morgan fingerprint density at radius 1 is 0.167 bits per heavy atom. The third-order valence-corrected chi connectivity index (χ3v) is 30.8. The molecule has 0 aliphatic carbocycles. The topological polar surface area (TPSA) is 29.5 Å². The third-order valence-electron chi connectivity index (χ3n) is 29.6. The summed E-state index contributed by atoms with van der Waals surface area (Å²) in [5, 5.41) is 25.2. The molecule has 4 heterocycles. The van der Waals surface area contributed by atoms with Crippen LogP contribution in [0.15, 0.2) is 538 Å². The number of para-hydroxylation sites is 3. The molecule has 0 aliphatic rings. The van der Waals surface area contributed by atoms with Gasteiger partial charge in [0.2, 0.25) is 0 Å². The summed E-state index contributed by atoms with van der Waals surface area (Å²) in [7, 11) is 0. The molecule has 0 spiro atoms. The lowest BCUT2D eigenvalue weighted by atomic mass is 9.92. The predicted octanol–water partition coefficient (Wildman–Crippen LogP) is 39.4. The number of furan rings is 1. The standard InChI is InChI=1S/C72H46N2S.C66H42N2O/c1-2-13-47(14-3-1)48-25-35-54(36-26-48)73(56-41-31-51(32-42-56)58-21-12-22-66-65-20-9-11-24-71(65)75-72(58)66)55-37-27-50(28-38-55)53-34-44-70-68(46-53)64-19-8-10-23-69(64)74(70)57-39-29-49(30-40-57)52-33-43-63-61-17-5-4-15-59(61)60-16-6-7-18-62(60)67(63)45-52;1-3-14-43(15-4-1)47-31-38-61-59(41-47)60-42-48(45-26-33-50(34-27-45)67(49-16-5-2-6-17-49)63-23-13-25-65-66(63)57-22-11-12-24-64(57)69-65)32-39-62(60)68(61)51-35-28-44(29-36-51)46-30-37-56-54-20-8-7-18-52(54)53-19-9-10-21-55(53)58(56)40-46/h1-46H;1-42H. The van der Waals surface area contributed by atoms with Crippen molar-refractivity contribution in [3.63, 3.8) is 0 Å². The average Bonchev–Trinajstić information content (AvgIpc) is 1.38. The van der Waals surface area contributed by atoms with Crippen molar-refractivity contribution in [3.05, 3.63) is 534 Å². The van der Waals surface area contributed by atoms with Crippen LogP contribution in [0, 0.1) is 0 Å². The first-order chi connectivity index (χ1) is 71.4. The van der Waals surface area contributed by atoms with Gasteiger partial charge in [-0.1, -0.05) is 370 Å². The van der Waals surface area contributed by atoms with E-state index >= 15 is 0 Å². The summed E-state index contributed by atoms with van der Waals surface area (Å²) >= 11 is 1.88. The number of thiophene rings is 1. The normalized spacial score (nSPS) is 11.8. The molecule has 0 aliphatic heterocycles. The number of anilines is 6. The maximum atomic E-state index is 6.35. The highest BCUT2D eigenvalue weighted by atomic mass is 32.1. The van der Waals surface area contributed by atoms with E-state index in [1.807, 2.05) is 23.5 Å². The molecule has 6 heteroatoms. The number of rotatable bonds is 15. The van der Waals surface area contributed by atoms with Crippen molar-refractivity contribution in [1.82, 2.24) is 9.13 Å². The van der Waals surface area contributed by atoms with Crippen LogP contribution in [0.25, 0.3) is 240 Å². The Balaban J connectivity index is 0.000000141. The zero-order valence-corrected chi connectivity index (χ0v) is 79.2. The molecule has 0 radical (unpaired) electrons. The molecule has 5 nitrogen and oxygen atoms in total. The molecule has 25 aromatic carbocycles. The van der Waals surface area contributed by atoms with E-state index in [1.54, 1.807) is 0 Å². The first-order valence-electron chi connectivity index (χ1n) is 49.4. The molecule has 0 saturated carbocycles. The summed E-state index contributed by atoms with van der Waals surface area (Å²) in [4.78, 5) is 4.71. The Labute approximate surface area is 836 Å².